The van der Waals surface area contributed by atoms with E-state index >= 15 is 0 Å². The number of aliphatic hydroxyl groups excluding tert-OH is 1. The largest absolute Gasteiger partial charge is 0.496 e. The Kier molecular flexibility index (Phi) is 9.32. The van der Waals surface area contributed by atoms with Gasteiger partial charge in [0, 0.05) is 23.2 Å². The number of amides is 1. The molecule has 1 fully saturated rings. The second kappa shape index (κ2) is 12.4. The fourth-order valence-corrected chi connectivity index (χ4v) is 4.26. The Bertz CT molecular complexity index is 993. The SMILES string of the molecule is COc1ccc(C#N)cc1/C=C/C(=O)N[C@H](CO)CN1CCC(Cc2ccc(Cl)cc2)CC1. The van der Waals surface area contributed by atoms with E-state index in [0.717, 1.165) is 37.4 Å². The van der Waals surface area contributed by atoms with Gasteiger partial charge in [0.2, 0.25) is 5.91 Å². The molecular formula is C26H30ClN3O3. The Balaban J connectivity index is 1.47. The predicted octanol–water partition coefficient (Wildman–Crippen LogP) is 3.67. The number of aliphatic hydroxyl groups is 1. The monoisotopic (exact) mass is 467 g/mol. The van der Waals surface area contributed by atoms with Crippen molar-refractivity contribution in [1.82, 2.24) is 10.2 Å². The molecule has 33 heavy (non-hydrogen) atoms. The van der Waals surface area contributed by atoms with Crippen LogP contribution in [0.2, 0.25) is 5.02 Å². The number of piperidine rings is 1. The van der Waals surface area contributed by atoms with Gasteiger partial charge in [-0.2, -0.15) is 5.26 Å². The molecule has 174 valence electrons. The van der Waals surface area contributed by atoms with Gasteiger partial charge >= 0.3 is 0 Å². The standard InChI is InChI=1S/C26H30ClN3O3/c1-33-25-8-4-21(16-28)15-22(25)5-9-26(32)29-24(18-31)17-30-12-10-20(11-13-30)14-19-2-6-23(27)7-3-19/h2-9,15,20,24,31H,10-14,17-18H2,1H3,(H,29,32)/b9-5+/t24-/m0/s1. The average Bonchev–Trinajstić information content (AvgIpc) is 2.84. The van der Waals surface area contributed by atoms with E-state index in [-0.39, 0.29) is 18.6 Å². The van der Waals surface area contributed by atoms with Crippen LogP contribution in [0.3, 0.4) is 0 Å². The summed E-state index contributed by atoms with van der Waals surface area (Å²) in [6, 6.07) is 14.8. The molecule has 0 saturated carbocycles. The molecule has 1 heterocycles. The zero-order valence-corrected chi connectivity index (χ0v) is 19.6. The maximum absolute atomic E-state index is 12.4. The number of nitrogens with one attached hydrogen (secondary N) is 1. The first-order valence-corrected chi connectivity index (χ1v) is 11.5. The van der Waals surface area contributed by atoms with E-state index in [9.17, 15) is 9.90 Å². The molecule has 1 amide bonds. The molecule has 0 radical (unpaired) electrons. The summed E-state index contributed by atoms with van der Waals surface area (Å²) in [7, 11) is 1.54. The van der Waals surface area contributed by atoms with Gasteiger partial charge in [0.1, 0.15) is 5.75 Å². The smallest absolute Gasteiger partial charge is 0.244 e. The number of hydrogen-bond donors (Lipinski definition) is 2. The number of nitrogens with zero attached hydrogens (tertiary/aromatic N) is 2. The fraction of sp³-hybridized carbons (Fsp3) is 0.385. The minimum Gasteiger partial charge on any atom is -0.496 e. The van der Waals surface area contributed by atoms with Gasteiger partial charge < -0.3 is 20.1 Å². The molecule has 2 aromatic rings. The van der Waals surface area contributed by atoms with E-state index in [2.05, 4.69) is 28.4 Å². The summed E-state index contributed by atoms with van der Waals surface area (Å²) in [6.07, 6.45) is 6.24. The second-order valence-electron chi connectivity index (χ2n) is 8.36. The van der Waals surface area contributed by atoms with Crippen molar-refractivity contribution in [2.45, 2.75) is 25.3 Å². The molecule has 3 rings (SSSR count). The van der Waals surface area contributed by atoms with Crippen LogP contribution in [0.1, 0.15) is 29.5 Å². The lowest BCUT2D eigenvalue weighted by atomic mass is 9.90. The third-order valence-corrected chi connectivity index (χ3v) is 6.22. The van der Waals surface area contributed by atoms with Crippen molar-refractivity contribution in [3.63, 3.8) is 0 Å². The highest BCUT2D eigenvalue weighted by Gasteiger charge is 2.22. The lowest BCUT2D eigenvalue weighted by Gasteiger charge is -2.34. The molecule has 0 unspecified atom stereocenters. The maximum atomic E-state index is 12.4. The third kappa shape index (κ3) is 7.61. The summed E-state index contributed by atoms with van der Waals surface area (Å²) in [5.41, 5.74) is 2.45. The highest BCUT2D eigenvalue weighted by Crippen LogP contribution is 2.23. The van der Waals surface area contributed by atoms with Crippen molar-refractivity contribution in [1.29, 1.82) is 5.26 Å². The molecule has 0 spiro atoms. The summed E-state index contributed by atoms with van der Waals surface area (Å²) in [4.78, 5) is 14.7. The Morgan fingerprint density at radius 1 is 1.30 bits per heavy atom. The molecule has 0 aliphatic carbocycles. The molecule has 6 nitrogen and oxygen atoms in total. The van der Waals surface area contributed by atoms with Crippen LogP contribution in [-0.4, -0.2) is 55.3 Å². The van der Waals surface area contributed by atoms with Crippen LogP contribution in [0.5, 0.6) is 5.75 Å². The predicted molar refractivity (Wildman–Crippen MR) is 130 cm³/mol. The van der Waals surface area contributed by atoms with E-state index in [1.165, 1.54) is 11.6 Å². The highest BCUT2D eigenvalue weighted by molar-refractivity contribution is 6.30. The second-order valence-corrected chi connectivity index (χ2v) is 8.80. The number of rotatable bonds is 9. The molecule has 1 atom stereocenters. The van der Waals surface area contributed by atoms with Crippen molar-refractivity contribution >= 4 is 23.6 Å². The van der Waals surface area contributed by atoms with Crippen molar-refractivity contribution in [2.24, 2.45) is 5.92 Å². The minimum absolute atomic E-state index is 0.127. The number of hydrogen-bond acceptors (Lipinski definition) is 5. The van der Waals surface area contributed by atoms with Crippen LogP contribution in [0.4, 0.5) is 0 Å². The van der Waals surface area contributed by atoms with E-state index < -0.39 is 0 Å². The molecule has 2 aromatic carbocycles. The van der Waals surface area contributed by atoms with E-state index in [0.29, 0.717) is 29.3 Å². The summed E-state index contributed by atoms with van der Waals surface area (Å²) in [5.74, 6) is 0.918. The molecular weight excluding hydrogens is 438 g/mol. The Morgan fingerprint density at radius 2 is 2.03 bits per heavy atom. The van der Waals surface area contributed by atoms with Crippen LogP contribution in [0.25, 0.3) is 6.08 Å². The van der Waals surface area contributed by atoms with Crippen LogP contribution in [0.15, 0.2) is 48.5 Å². The molecule has 0 bridgehead atoms. The Morgan fingerprint density at radius 3 is 2.67 bits per heavy atom. The highest BCUT2D eigenvalue weighted by atomic mass is 35.5. The number of likely N-dealkylation sites (tertiary alicyclic amines) is 1. The van der Waals surface area contributed by atoms with Gasteiger partial charge in [-0.25, -0.2) is 0 Å². The van der Waals surface area contributed by atoms with Crippen LogP contribution in [0, 0.1) is 17.2 Å². The van der Waals surface area contributed by atoms with Crippen molar-refractivity contribution < 1.29 is 14.6 Å². The van der Waals surface area contributed by atoms with Crippen molar-refractivity contribution in [3.05, 3.63) is 70.3 Å². The quantitative estimate of drug-likeness (QED) is 0.549. The van der Waals surface area contributed by atoms with Gasteiger partial charge in [-0.1, -0.05) is 23.7 Å². The first kappa shape index (κ1) is 24.8. The number of ether oxygens (including phenoxy) is 1. The van der Waals surface area contributed by atoms with Gasteiger partial charge in [0.25, 0.3) is 0 Å². The van der Waals surface area contributed by atoms with Crippen LogP contribution < -0.4 is 10.1 Å². The first-order chi connectivity index (χ1) is 16.0. The first-order valence-electron chi connectivity index (χ1n) is 11.1. The van der Waals surface area contributed by atoms with Gasteiger partial charge in [0.15, 0.2) is 0 Å². The summed E-state index contributed by atoms with van der Waals surface area (Å²) >= 11 is 5.97. The van der Waals surface area contributed by atoms with Crippen LogP contribution >= 0.6 is 11.6 Å². The van der Waals surface area contributed by atoms with Crippen molar-refractivity contribution in [2.75, 3.05) is 33.4 Å². The lowest BCUT2D eigenvalue weighted by molar-refractivity contribution is -0.117. The van der Waals surface area contributed by atoms with Gasteiger partial charge in [-0.3, -0.25) is 4.79 Å². The molecule has 1 saturated heterocycles. The summed E-state index contributed by atoms with van der Waals surface area (Å²) < 4.78 is 5.29. The molecule has 1 aliphatic rings. The average molecular weight is 468 g/mol. The lowest BCUT2D eigenvalue weighted by Crippen LogP contribution is -2.47. The number of methoxy groups -OCH3 is 1. The van der Waals surface area contributed by atoms with Gasteiger partial charge in [0.05, 0.1) is 31.4 Å². The number of nitriles is 1. The zero-order valence-electron chi connectivity index (χ0n) is 18.8. The van der Waals surface area contributed by atoms with Gasteiger partial charge in [-0.15, -0.1) is 0 Å². The molecule has 1 aliphatic heterocycles. The van der Waals surface area contributed by atoms with E-state index in [4.69, 9.17) is 21.6 Å². The Hall–Kier alpha value is -2.85. The number of carbonyl (C=O) groups excluding carboxylic acids is 1. The molecule has 7 heteroatoms. The van der Waals surface area contributed by atoms with E-state index in [1.54, 1.807) is 31.4 Å². The summed E-state index contributed by atoms with van der Waals surface area (Å²) in [6.45, 7) is 2.37. The summed E-state index contributed by atoms with van der Waals surface area (Å²) in [5, 5.41) is 22.5. The van der Waals surface area contributed by atoms with Gasteiger partial charge in [-0.05, 0) is 80.2 Å². The molecule has 0 aromatic heterocycles. The Labute approximate surface area is 200 Å². The number of halogens is 1. The number of benzene rings is 2. The topological polar surface area (TPSA) is 85.6 Å². The van der Waals surface area contributed by atoms with Crippen molar-refractivity contribution in [3.8, 4) is 11.8 Å². The normalized spacial score (nSPS) is 15.8. The van der Waals surface area contributed by atoms with E-state index in [1.807, 2.05) is 12.1 Å². The third-order valence-electron chi connectivity index (χ3n) is 5.96. The fourth-order valence-electron chi connectivity index (χ4n) is 4.14. The minimum atomic E-state index is -0.345. The number of carbonyl (C=O) groups is 1. The maximum Gasteiger partial charge on any atom is 0.244 e. The van der Waals surface area contributed by atoms with Crippen LogP contribution in [-0.2, 0) is 11.2 Å². The molecule has 2 N–H and O–H groups in total. The zero-order chi connectivity index (χ0) is 23.6.